The van der Waals surface area contributed by atoms with Crippen LogP contribution in [-0.4, -0.2) is 58.7 Å². The van der Waals surface area contributed by atoms with Gasteiger partial charge in [-0.15, -0.1) is 0 Å². The number of aryl methyl sites for hydroxylation is 1. The van der Waals surface area contributed by atoms with E-state index in [1.807, 2.05) is 60.9 Å². The number of amides is 1. The maximum absolute atomic E-state index is 12.9. The number of aliphatic hydroxyl groups is 1. The second kappa shape index (κ2) is 10.5. The Bertz CT molecular complexity index is 1340. The van der Waals surface area contributed by atoms with E-state index >= 15 is 0 Å². The number of ether oxygens (including phenoxy) is 1. The highest BCUT2D eigenvalue weighted by Gasteiger charge is 2.35. The molecule has 0 saturated heterocycles. The van der Waals surface area contributed by atoms with Gasteiger partial charge in [0, 0.05) is 24.1 Å². The molecule has 1 amide bonds. The minimum Gasteiger partial charge on any atom is -0.492 e. The van der Waals surface area contributed by atoms with E-state index in [1.54, 1.807) is 6.07 Å². The summed E-state index contributed by atoms with van der Waals surface area (Å²) in [5.74, 6) is 0.233. The van der Waals surface area contributed by atoms with Gasteiger partial charge in [-0.05, 0) is 74.7 Å². The number of carbonyl (C=O) groups is 2. The Kier molecular flexibility index (Phi) is 7.52. The van der Waals surface area contributed by atoms with E-state index in [0.29, 0.717) is 41.9 Å². The van der Waals surface area contributed by atoms with E-state index < -0.39 is 5.91 Å². The first-order valence-electron chi connectivity index (χ1n) is 12.5. The third-order valence-electron chi connectivity index (χ3n) is 6.81. The van der Waals surface area contributed by atoms with Crippen molar-refractivity contribution in [2.45, 2.75) is 46.6 Å². The predicted octanol–water partition coefficient (Wildman–Crippen LogP) is 3.46. The zero-order valence-corrected chi connectivity index (χ0v) is 22.3. The molecule has 4 rings (SSSR count). The molecule has 1 aromatic heterocycles. The van der Waals surface area contributed by atoms with Crippen molar-refractivity contribution < 1.29 is 19.4 Å². The lowest BCUT2D eigenvalue weighted by atomic mass is 9.75. The number of hydrogen-bond donors (Lipinski definition) is 2. The van der Waals surface area contributed by atoms with E-state index in [4.69, 9.17) is 15.6 Å². The fraction of sp³-hybridized carbons (Fsp3) is 0.414. The minimum absolute atomic E-state index is 0.120. The highest BCUT2D eigenvalue weighted by atomic mass is 16.5. The molecule has 0 bridgehead atoms. The molecule has 196 valence electrons. The lowest BCUT2D eigenvalue weighted by Gasteiger charge is -2.29. The van der Waals surface area contributed by atoms with Gasteiger partial charge < -0.3 is 20.5 Å². The number of nitrogens with zero attached hydrogens (tertiary/aromatic N) is 3. The van der Waals surface area contributed by atoms with Crippen LogP contribution in [0.4, 0.5) is 0 Å². The number of primary amides is 1. The molecule has 0 atom stereocenters. The van der Waals surface area contributed by atoms with Crippen LogP contribution in [0.5, 0.6) is 5.75 Å². The molecule has 8 nitrogen and oxygen atoms in total. The topological polar surface area (TPSA) is 111 Å². The number of Topliss-reactive ketones (excluding diaryl/α,β-unsaturated/α-hetero) is 1. The number of ketones is 1. The number of nitrogens with two attached hydrogens (primary N) is 1. The van der Waals surface area contributed by atoms with Gasteiger partial charge in [0.05, 0.1) is 29.2 Å². The average Bonchev–Trinajstić information content (AvgIpc) is 3.14. The summed E-state index contributed by atoms with van der Waals surface area (Å²) in [6.45, 7) is 7.16. The van der Waals surface area contributed by atoms with E-state index in [0.717, 1.165) is 41.2 Å². The van der Waals surface area contributed by atoms with Gasteiger partial charge in [0.15, 0.2) is 5.78 Å². The van der Waals surface area contributed by atoms with Crippen molar-refractivity contribution in [1.82, 2.24) is 14.7 Å². The summed E-state index contributed by atoms with van der Waals surface area (Å²) in [6.07, 6.45) is 1.67. The van der Waals surface area contributed by atoms with E-state index in [1.165, 1.54) is 0 Å². The van der Waals surface area contributed by atoms with Crippen LogP contribution in [0, 0.1) is 12.3 Å². The summed E-state index contributed by atoms with van der Waals surface area (Å²) in [5, 5.41) is 14.5. The fourth-order valence-electron chi connectivity index (χ4n) is 4.98. The molecule has 0 radical (unpaired) electrons. The molecule has 1 aliphatic rings. The number of rotatable bonds is 9. The van der Waals surface area contributed by atoms with Crippen molar-refractivity contribution in [3.63, 3.8) is 0 Å². The lowest BCUT2D eigenvalue weighted by molar-refractivity contribution is 0.0909. The number of aromatic nitrogens is 2. The average molecular weight is 505 g/mol. The summed E-state index contributed by atoms with van der Waals surface area (Å²) >= 11 is 0. The first-order valence-corrected chi connectivity index (χ1v) is 12.5. The van der Waals surface area contributed by atoms with Gasteiger partial charge in [-0.1, -0.05) is 26.0 Å². The van der Waals surface area contributed by atoms with Crippen LogP contribution in [0.3, 0.4) is 0 Å². The van der Waals surface area contributed by atoms with Crippen LogP contribution >= 0.6 is 0 Å². The van der Waals surface area contributed by atoms with Gasteiger partial charge in [-0.3, -0.25) is 9.59 Å². The Labute approximate surface area is 218 Å². The van der Waals surface area contributed by atoms with Crippen LogP contribution < -0.4 is 10.5 Å². The van der Waals surface area contributed by atoms with E-state index in [2.05, 4.69) is 13.8 Å². The molecule has 3 aromatic rings. The van der Waals surface area contributed by atoms with Crippen LogP contribution in [0.1, 0.15) is 69.1 Å². The third kappa shape index (κ3) is 5.76. The van der Waals surface area contributed by atoms with Crippen LogP contribution in [0.2, 0.25) is 0 Å². The van der Waals surface area contributed by atoms with Gasteiger partial charge in [0.25, 0.3) is 0 Å². The molecule has 8 heteroatoms. The summed E-state index contributed by atoms with van der Waals surface area (Å²) in [7, 11) is 3.94. The number of likely N-dealkylation sites (N-methyl/N-ethyl adjacent to an activating group) is 1. The molecular weight excluding hydrogens is 468 g/mol. The molecule has 0 unspecified atom stereocenters. The molecule has 0 spiro atoms. The van der Waals surface area contributed by atoms with Crippen molar-refractivity contribution in [2.24, 2.45) is 11.1 Å². The smallest absolute Gasteiger partial charge is 0.248 e. The highest BCUT2D eigenvalue weighted by molar-refractivity contribution is 6.00. The monoisotopic (exact) mass is 504 g/mol. The summed E-state index contributed by atoms with van der Waals surface area (Å²) in [6, 6.07) is 11.1. The van der Waals surface area contributed by atoms with Crippen LogP contribution in [0.25, 0.3) is 5.69 Å². The van der Waals surface area contributed by atoms with Gasteiger partial charge in [0.1, 0.15) is 12.4 Å². The zero-order valence-electron chi connectivity index (χ0n) is 22.3. The maximum Gasteiger partial charge on any atom is 0.248 e. The number of benzene rings is 2. The second-order valence-electron chi connectivity index (χ2n) is 10.9. The fourth-order valence-corrected chi connectivity index (χ4v) is 4.98. The second-order valence-corrected chi connectivity index (χ2v) is 10.9. The van der Waals surface area contributed by atoms with Crippen LogP contribution in [0.15, 0.2) is 36.4 Å². The molecule has 0 saturated carbocycles. The standard InChI is InChI=1S/C29H36N4O4/c1-18-27-24(15-29(2,3)16-25(27)35)33(31-18)22-8-9-23(28(30)36)21(14-22)12-19-6-7-20(17-34)26(13-19)37-11-10-32(4)5/h6-9,13-14,34H,10-12,15-17H2,1-5H3,(H2,30,36). The summed E-state index contributed by atoms with van der Waals surface area (Å²) in [5.41, 5.74) is 11.5. The van der Waals surface area contributed by atoms with Crippen molar-refractivity contribution in [2.75, 3.05) is 27.2 Å². The molecule has 2 aromatic carbocycles. The number of fused-ring (bicyclic) bond motifs is 1. The van der Waals surface area contributed by atoms with E-state index in [-0.39, 0.29) is 17.8 Å². The molecule has 1 aliphatic carbocycles. The zero-order chi connectivity index (χ0) is 26.9. The first-order chi connectivity index (χ1) is 17.5. The van der Waals surface area contributed by atoms with Gasteiger partial charge >= 0.3 is 0 Å². The Morgan fingerprint density at radius 3 is 2.59 bits per heavy atom. The summed E-state index contributed by atoms with van der Waals surface area (Å²) in [4.78, 5) is 27.2. The van der Waals surface area contributed by atoms with Crippen molar-refractivity contribution >= 4 is 11.7 Å². The molecule has 37 heavy (non-hydrogen) atoms. The molecular formula is C29H36N4O4. The Morgan fingerprint density at radius 1 is 1.16 bits per heavy atom. The largest absolute Gasteiger partial charge is 0.492 e. The van der Waals surface area contributed by atoms with Gasteiger partial charge in [-0.2, -0.15) is 5.10 Å². The molecule has 0 aliphatic heterocycles. The van der Waals surface area contributed by atoms with Gasteiger partial charge in [0.2, 0.25) is 5.91 Å². The Balaban J connectivity index is 1.72. The van der Waals surface area contributed by atoms with Crippen molar-refractivity contribution in [1.29, 1.82) is 0 Å². The number of hydrogen-bond acceptors (Lipinski definition) is 6. The normalized spacial score (nSPS) is 14.6. The van der Waals surface area contributed by atoms with Crippen molar-refractivity contribution in [3.8, 4) is 11.4 Å². The van der Waals surface area contributed by atoms with E-state index in [9.17, 15) is 14.7 Å². The maximum atomic E-state index is 12.9. The highest BCUT2D eigenvalue weighted by Crippen LogP contribution is 2.37. The lowest BCUT2D eigenvalue weighted by Crippen LogP contribution is -2.28. The number of aliphatic hydroxyl groups excluding tert-OH is 1. The third-order valence-corrected chi connectivity index (χ3v) is 6.81. The molecule has 0 fully saturated rings. The predicted molar refractivity (Wildman–Crippen MR) is 142 cm³/mol. The quantitative estimate of drug-likeness (QED) is 0.462. The van der Waals surface area contributed by atoms with Crippen molar-refractivity contribution in [3.05, 3.63) is 75.6 Å². The minimum atomic E-state index is -0.508. The van der Waals surface area contributed by atoms with Crippen LogP contribution in [-0.2, 0) is 19.4 Å². The Morgan fingerprint density at radius 2 is 1.92 bits per heavy atom. The Hall–Kier alpha value is -3.49. The SMILES string of the molecule is Cc1nn(-c2ccc(C(N)=O)c(Cc3ccc(CO)c(OCCN(C)C)c3)c2)c2c1C(=O)CC(C)(C)C2. The summed E-state index contributed by atoms with van der Waals surface area (Å²) < 4.78 is 7.78. The molecule has 3 N–H and O–H groups in total. The molecule has 1 heterocycles. The first kappa shape index (κ1) is 26.6. The number of carbonyl (C=O) groups excluding carboxylic acids is 2. The van der Waals surface area contributed by atoms with Gasteiger partial charge in [-0.25, -0.2) is 4.68 Å².